The van der Waals surface area contributed by atoms with E-state index in [4.69, 9.17) is 4.42 Å². The van der Waals surface area contributed by atoms with Crippen LogP contribution < -0.4 is 10.9 Å². The molecule has 1 N–H and O–H groups in total. The predicted octanol–water partition coefficient (Wildman–Crippen LogP) is 5.00. The van der Waals surface area contributed by atoms with Crippen LogP contribution in [0.3, 0.4) is 0 Å². The highest BCUT2D eigenvalue weighted by Crippen LogP contribution is 2.37. The molecule has 0 fully saturated rings. The minimum absolute atomic E-state index is 0.142. The van der Waals surface area contributed by atoms with Crippen LogP contribution >= 0.6 is 0 Å². The molecule has 0 radical (unpaired) electrons. The fraction of sp³-hybridized carbons (Fsp3) is 0.179. The predicted molar refractivity (Wildman–Crippen MR) is 141 cm³/mol. The standard InChI is InChI=1S/C28H22BF2N3O3/c1-16-10-18(3)33-24(16)15-25-17(2)11-22(34(25)29(33,30)31)9-8-20-12-21-13-23-19(14-26(21)37-28(20)36)6-4-5-7-27(35)32-23/h8-15H,5,7H2,1-3H3,(H,32,35)/b9-8+. The van der Waals surface area contributed by atoms with Crippen LogP contribution in [0, 0.1) is 25.7 Å². The number of carbonyl (C=O) groups is 1. The zero-order valence-corrected chi connectivity index (χ0v) is 20.5. The average Bonchev–Trinajstić information content (AvgIpc) is 3.30. The van der Waals surface area contributed by atoms with E-state index in [2.05, 4.69) is 17.2 Å². The third kappa shape index (κ3) is 3.60. The first-order valence-electron chi connectivity index (χ1n) is 12.0. The van der Waals surface area contributed by atoms with Gasteiger partial charge >= 0.3 is 12.6 Å². The summed E-state index contributed by atoms with van der Waals surface area (Å²) in [7, 11) is 0. The average molecular weight is 497 g/mol. The van der Waals surface area contributed by atoms with Crippen LogP contribution in [0.2, 0.25) is 0 Å². The Morgan fingerprint density at radius 3 is 2.73 bits per heavy atom. The van der Waals surface area contributed by atoms with Crippen molar-refractivity contribution in [3.8, 4) is 11.8 Å². The summed E-state index contributed by atoms with van der Waals surface area (Å²) >= 11 is 0. The van der Waals surface area contributed by atoms with E-state index in [9.17, 15) is 9.59 Å². The van der Waals surface area contributed by atoms with Crippen molar-refractivity contribution < 1.29 is 22.3 Å². The second-order valence-corrected chi connectivity index (χ2v) is 9.57. The van der Waals surface area contributed by atoms with Crippen LogP contribution in [-0.2, 0) is 4.79 Å². The molecule has 1 amide bonds. The smallest absolute Gasteiger partial charge is 0.422 e. The first-order chi connectivity index (χ1) is 17.6. The number of halogens is 2. The van der Waals surface area contributed by atoms with E-state index in [-0.39, 0.29) is 17.2 Å². The quantitative estimate of drug-likeness (QED) is 0.308. The molecule has 0 aliphatic carbocycles. The molecule has 3 aliphatic heterocycles. The topological polar surface area (TPSA) is 67.2 Å². The number of amides is 1. The van der Waals surface area contributed by atoms with Crippen LogP contribution in [-0.4, -0.2) is 27.6 Å². The van der Waals surface area contributed by atoms with Gasteiger partial charge < -0.3 is 27.3 Å². The Kier molecular flexibility index (Phi) is 4.99. The lowest BCUT2D eigenvalue weighted by molar-refractivity contribution is -0.361. The maximum Gasteiger partial charge on any atom is 0.737 e. The van der Waals surface area contributed by atoms with E-state index < -0.39 is 12.6 Å². The lowest BCUT2D eigenvalue weighted by Gasteiger charge is -2.30. The summed E-state index contributed by atoms with van der Waals surface area (Å²) in [6.07, 6.45) is 7.21. The Balaban J connectivity index is 1.44. The summed E-state index contributed by atoms with van der Waals surface area (Å²) < 4.78 is 39.3. The lowest BCUT2D eigenvalue weighted by Crippen LogP contribution is -2.50. The molecule has 3 aliphatic rings. The highest BCUT2D eigenvalue weighted by Gasteiger charge is 2.53. The number of nitrogens with one attached hydrogen (secondary N) is 1. The van der Waals surface area contributed by atoms with Gasteiger partial charge in [0.2, 0.25) is 5.91 Å². The van der Waals surface area contributed by atoms with Gasteiger partial charge in [-0.3, -0.25) is 4.79 Å². The van der Waals surface area contributed by atoms with Crippen molar-refractivity contribution in [2.45, 2.75) is 33.6 Å². The highest BCUT2D eigenvalue weighted by molar-refractivity contribution is 6.58. The second-order valence-electron chi connectivity index (χ2n) is 9.57. The van der Waals surface area contributed by atoms with Gasteiger partial charge in [0, 0.05) is 47.7 Å². The van der Waals surface area contributed by atoms with Crippen molar-refractivity contribution in [2.24, 2.45) is 0 Å². The van der Waals surface area contributed by atoms with Crippen LogP contribution in [0.4, 0.5) is 14.3 Å². The molecule has 0 spiro atoms. The van der Waals surface area contributed by atoms with E-state index >= 15 is 8.63 Å². The minimum Gasteiger partial charge on any atom is -0.422 e. The fourth-order valence-corrected chi connectivity index (χ4v) is 5.26. The van der Waals surface area contributed by atoms with Crippen molar-refractivity contribution in [3.05, 3.63) is 86.2 Å². The lowest BCUT2D eigenvalue weighted by atomic mass is 9.89. The Hall–Kier alpha value is -4.45. The Bertz CT molecular complexity index is 1810. The fourth-order valence-electron chi connectivity index (χ4n) is 5.26. The van der Waals surface area contributed by atoms with Crippen LogP contribution in [0.5, 0.6) is 0 Å². The number of benzene rings is 1. The molecule has 3 aromatic rings. The molecule has 1 aromatic carbocycles. The Morgan fingerprint density at radius 1 is 1.11 bits per heavy atom. The minimum atomic E-state index is -4.13. The van der Waals surface area contributed by atoms with Crippen LogP contribution in [0.1, 0.15) is 47.8 Å². The summed E-state index contributed by atoms with van der Waals surface area (Å²) in [6, 6.07) is 6.71. The van der Waals surface area contributed by atoms with Gasteiger partial charge in [0.25, 0.3) is 0 Å². The normalized spacial score (nSPS) is 17.8. The van der Waals surface area contributed by atoms with Gasteiger partial charge in [0.05, 0.1) is 16.8 Å². The molecule has 6 rings (SSSR count). The van der Waals surface area contributed by atoms with Crippen LogP contribution in [0.15, 0.2) is 56.9 Å². The first kappa shape index (κ1) is 23.0. The first-order valence-corrected chi connectivity index (χ1v) is 12.0. The van der Waals surface area contributed by atoms with Gasteiger partial charge in [0.1, 0.15) is 5.58 Å². The van der Waals surface area contributed by atoms with E-state index in [0.29, 0.717) is 57.7 Å². The molecule has 9 heteroatoms. The molecule has 0 atom stereocenters. The van der Waals surface area contributed by atoms with Crippen molar-refractivity contribution in [3.63, 3.8) is 0 Å². The summed E-state index contributed by atoms with van der Waals surface area (Å²) in [5, 5.41) is 3.42. The van der Waals surface area contributed by atoms with Gasteiger partial charge in [-0.2, -0.15) is 0 Å². The van der Waals surface area contributed by atoms with E-state index in [1.165, 1.54) is 12.2 Å². The van der Waals surface area contributed by atoms with Crippen molar-refractivity contribution in [1.29, 1.82) is 0 Å². The zero-order chi connectivity index (χ0) is 26.1. The van der Waals surface area contributed by atoms with Crippen LogP contribution in [0.25, 0.3) is 23.1 Å². The van der Waals surface area contributed by atoms with Crippen molar-refractivity contribution in [1.82, 2.24) is 4.48 Å². The number of hydrogen-bond donors (Lipinski definition) is 1. The maximum absolute atomic E-state index is 15.8. The SMILES string of the molecule is CC1=CC(/C=C/c2cc3cc4c(cc3oc2=O)C#CCCC(=O)N4)=[N+]2C1=Cc1c(C)cc(C)n1[B-]2(F)F. The molecular formula is C28H22BF2N3O3. The Morgan fingerprint density at radius 2 is 1.92 bits per heavy atom. The summed E-state index contributed by atoms with van der Waals surface area (Å²) in [5.41, 5.74) is 4.27. The van der Waals surface area contributed by atoms with Gasteiger partial charge in [-0.15, -0.1) is 0 Å². The van der Waals surface area contributed by atoms with Gasteiger partial charge in [0.15, 0.2) is 11.4 Å². The molecule has 0 bridgehead atoms. The molecule has 0 saturated heterocycles. The molecule has 184 valence electrons. The maximum atomic E-state index is 15.8. The van der Waals surface area contributed by atoms with Crippen molar-refractivity contribution >= 4 is 47.4 Å². The summed E-state index contributed by atoms with van der Waals surface area (Å²) in [5.74, 6) is 5.79. The zero-order valence-electron chi connectivity index (χ0n) is 20.5. The number of hydrogen-bond acceptors (Lipinski definition) is 3. The molecular weight excluding hydrogens is 475 g/mol. The molecule has 0 saturated carbocycles. The molecule has 6 nitrogen and oxygen atoms in total. The number of fused-ring (bicyclic) bond motifs is 4. The second kappa shape index (κ2) is 8.03. The highest BCUT2D eigenvalue weighted by atomic mass is 19.2. The number of allylic oxidation sites excluding steroid dienone is 3. The number of anilines is 1. The number of aromatic nitrogens is 1. The Labute approximate surface area is 211 Å². The van der Waals surface area contributed by atoms with E-state index in [0.717, 1.165) is 14.5 Å². The number of carbonyl (C=O) groups excluding carboxylic acids is 1. The largest absolute Gasteiger partial charge is 0.737 e. The van der Waals surface area contributed by atoms with Gasteiger partial charge in [-0.05, 0) is 62.4 Å². The molecule has 0 unspecified atom stereocenters. The number of nitrogens with zero attached hydrogens (tertiary/aromatic N) is 2. The summed E-state index contributed by atoms with van der Waals surface area (Å²) in [6.45, 7) is 1.17. The molecule has 37 heavy (non-hydrogen) atoms. The van der Waals surface area contributed by atoms with Crippen molar-refractivity contribution in [2.75, 3.05) is 5.32 Å². The monoisotopic (exact) mass is 497 g/mol. The van der Waals surface area contributed by atoms with E-state index in [1.54, 1.807) is 50.3 Å². The number of aryl methyl sites for hydroxylation is 2. The summed E-state index contributed by atoms with van der Waals surface area (Å²) in [4.78, 5) is 24.8. The third-order valence-electron chi connectivity index (χ3n) is 6.98. The number of rotatable bonds is 2. The van der Waals surface area contributed by atoms with Gasteiger partial charge in [-0.25, -0.2) is 4.79 Å². The third-order valence-corrected chi connectivity index (χ3v) is 6.98. The van der Waals surface area contributed by atoms with Gasteiger partial charge in [-0.1, -0.05) is 11.8 Å². The van der Waals surface area contributed by atoms with E-state index in [1.807, 2.05) is 6.92 Å². The molecule has 2 aromatic heterocycles. The molecule has 5 heterocycles.